The molecule has 0 aliphatic carbocycles. The largest absolute Gasteiger partial charge is 0.472 e. The molecule has 1 unspecified atom stereocenters. The fourth-order valence-electron chi connectivity index (χ4n) is 1.93. The zero-order chi connectivity index (χ0) is 15.0. The topological polar surface area (TPSA) is 35.5 Å². The van der Waals surface area contributed by atoms with Crippen LogP contribution in [0, 0.1) is 0 Å². The monoisotopic (exact) mass is 286 g/mol. The van der Waals surface area contributed by atoms with Gasteiger partial charge in [0, 0.05) is 5.56 Å². The van der Waals surface area contributed by atoms with Crippen molar-refractivity contribution < 1.29 is 27.4 Å². The minimum atomic E-state index is -4.74. The second-order valence-corrected chi connectivity index (χ2v) is 4.45. The van der Waals surface area contributed by atoms with Gasteiger partial charge in [0.05, 0.1) is 12.2 Å². The Balaban J connectivity index is 2.56. The van der Waals surface area contributed by atoms with Gasteiger partial charge in [-0.25, -0.2) is 4.79 Å². The summed E-state index contributed by atoms with van der Waals surface area (Å²) in [6.45, 7) is 2.35. The average molecular weight is 286 g/mol. The SMILES string of the molecule is CCOC(=O)C1=Cc2ccccc2OC1(C)C(F)(F)F. The van der Waals surface area contributed by atoms with Crippen molar-refractivity contribution in [2.75, 3.05) is 6.61 Å². The van der Waals surface area contributed by atoms with Crippen molar-refractivity contribution in [2.45, 2.75) is 25.6 Å². The van der Waals surface area contributed by atoms with Crippen molar-refractivity contribution in [1.82, 2.24) is 0 Å². The van der Waals surface area contributed by atoms with Gasteiger partial charge in [-0.2, -0.15) is 13.2 Å². The number of hydrogen-bond donors (Lipinski definition) is 0. The van der Waals surface area contributed by atoms with Crippen LogP contribution in [-0.4, -0.2) is 24.4 Å². The second kappa shape index (κ2) is 4.85. The van der Waals surface area contributed by atoms with E-state index in [1.54, 1.807) is 18.2 Å². The van der Waals surface area contributed by atoms with Gasteiger partial charge in [0.2, 0.25) is 5.60 Å². The van der Waals surface area contributed by atoms with Crippen LogP contribution in [0.5, 0.6) is 5.75 Å². The normalized spacial score (nSPS) is 21.6. The van der Waals surface area contributed by atoms with Gasteiger partial charge in [0.25, 0.3) is 0 Å². The van der Waals surface area contributed by atoms with Crippen molar-refractivity contribution in [1.29, 1.82) is 0 Å². The summed E-state index contributed by atoms with van der Waals surface area (Å²) in [5.74, 6) is -0.942. The van der Waals surface area contributed by atoms with Gasteiger partial charge in [0.15, 0.2) is 0 Å². The maximum atomic E-state index is 13.3. The second-order valence-electron chi connectivity index (χ2n) is 4.45. The zero-order valence-electron chi connectivity index (χ0n) is 11.0. The van der Waals surface area contributed by atoms with E-state index >= 15 is 0 Å². The van der Waals surface area contributed by atoms with Crippen molar-refractivity contribution in [3.05, 3.63) is 35.4 Å². The highest BCUT2D eigenvalue weighted by molar-refractivity contribution is 5.97. The van der Waals surface area contributed by atoms with E-state index in [0.29, 0.717) is 5.56 Å². The molecule has 20 heavy (non-hydrogen) atoms. The van der Waals surface area contributed by atoms with E-state index < -0.39 is 23.3 Å². The Hall–Kier alpha value is -1.98. The number of carbonyl (C=O) groups excluding carboxylic acids is 1. The lowest BCUT2D eigenvalue weighted by molar-refractivity contribution is -0.229. The molecule has 0 bridgehead atoms. The summed E-state index contributed by atoms with van der Waals surface area (Å²) in [5.41, 5.74) is -2.85. The van der Waals surface area contributed by atoms with E-state index in [1.807, 2.05) is 0 Å². The van der Waals surface area contributed by atoms with E-state index in [9.17, 15) is 18.0 Å². The molecule has 0 N–H and O–H groups in total. The molecule has 3 nitrogen and oxygen atoms in total. The van der Waals surface area contributed by atoms with Gasteiger partial charge in [-0.1, -0.05) is 18.2 Å². The van der Waals surface area contributed by atoms with Gasteiger partial charge < -0.3 is 9.47 Å². The summed E-state index contributed by atoms with van der Waals surface area (Å²) in [6, 6.07) is 6.22. The van der Waals surface area contributed by atoms with Crippen LogP contribution in [0.25, 0.3) is 6.08 Å². The summed E-state index contributed by atoms with van der Waals surface area (Å²) in [6.07, 6.45) is -3.57. The van der Waals surface area contributed by atoms with Crippen LogP contribution in [0.2, 0.25) is 0 Å². The summed E-state index contributed by atoms with van der Waals surface area (Å²) < 4.78 is 49.7. The average Bonchev–Trinajstić information content (AvgIpc) is 2.36. The van der Waals surface area contributed by atoms with Gasteiger partial charge in [-0.15, -0.1) is 0 Å². The Morgan fingerprint density at radius 1 is 1.35 bits per heavy atom. The van der Waals surface area contributed by atoms with Crippen LogP contribution in [-0.2, 0) is 9.53 Å². The molecule has 1 heterocycles. The van der Waals surface area contributed by atoms with Gasteiger partial charge in [-0.05, 0) is 26.0 Å². The zero-order valence-corrected chi connectivity index (χ0v) is 11.0. The summed E-state index contributed by atoms with van der Waals surface area (Å²) in [5, 5.41) is 0. The molecule has 2 rings (SSSR count). The van der Waals surface area contributed by atoms with Crippen LogP contribution in [0.4, 0.5) is 13.2 Å². The quantitative estimate of drug-likeness (QED) is 0.782. The van der Waals surface area contributed by atoms with Crippen molar-refractivity contribution in [2.24, 2.45) is 0 Å². The first-order chi connectivity index (χ1) is 9.29. The molecule has 6 heteroatoms. The van der Waals surface area contributed by atoms with E-state index in [1.165, 1.54) is 19.1 Å². The van der Waals surface area contributed by atoms with E-state index in [-0.39, 0.29) is 12.4 Å². The Morgan fingerprint density at radius 3 is 2.60 bits per heavy atom. The smallest absolute Gasteiger partial charge is 0.432 e. The molecule has 0 fully saturated rings. The molecule has 0 radical (unpaired) electrons. The maximum Gasteiger partial charge on any atom is 0.432 e. The van der Waals surface area contributed by atoms with E-state index in [2.05, 4.69) is 0 Å². The summed E-state index contributed by atoms with van der Waals surface area (Å²) in [7, 11) is 0. The molecule has 1 aromatic rings. The number of para-hydroxylation sites is 1. The fraction of sp³-hybridized carbons (Fsp3) is 0.357. The molecule has 0 saturated heterocycles. The summed E-state index contributed by atoms with van der Waals surface area (Å²) in [4.78, 5) is 11.8. The van der Waals surface area contributed by atoms with Crippen LogP contribution in [0.1, 0.15) is 19.4 Å². The number of rotatable bonds is 2. The standard InChI is InChI=1S/C14H13F3O3/c1-3-19-12(18)10-8-9-6-4-5-7-11(9)20-13(10,2)14(15,16)17/h4-8H,3H2,1-2H3. The lowest BCUT2D eigenvalue weighted by Crippen LogP contribution is -2.52. The number of ether oxygens (including phenoxy) is 2. The third-order valence-corrected chi connectivity index (χ3v) is 3.08. The van der Waals surface area contributed by atoms with Gasteiger partial charge in [-0.3, -0.25) is 0 Å². The number of alkyl halides is 3. The predicted octanol–water partition coefficient (Wildman–Crippen LogP) is 3.35. The third-order valence-electron chi connectivity index (χ3n) is 3.08. The molecule has 0 amide bonds. The van der Waals surface area contributed by atoms with Crippen molar-refractivity contribution >= 4 is 12.0 Å². The number of benzene rings is 1. The first kappa shape index (κ1) is 14.4. The number of esters is 1. The fourth-order valence-corrected chi connectivity index (χ4v) is 1.93. The molecular formula is C14H13F3O3. The molecule has 0 saturated carbocycles. The number of fused-ring (bicyclic) bond motifs is 1. The van der Waals surface area contributed by atoms with E-state index in [4.69, 9.17) is 9.47 Å². The highest BCUT2D eigenvalue weighted by atomic mass is 19.4. The summed E-state index contributed by atoms with van der Waals surface area (Å²) >= 11 is 0. The Morgan fingerprint density at radius 2 is 2.00 bits per heavy atom. The Labute approximate surface area is 114 Å². The molecule has 1 aliphatic heterocycles. The Bertz CT molecular complexity index is 563. The lowest BCUT2D eigenvalue weighted by atomic mass is 9.90. The number of hydrogen-bond acceptors (Lipinski definition) is 3. The molecule has 1 aliphatic rings. The molecule has 1 aromatic carbocycles. The molecule has 1 atom stereocenters. The first-order valence-corrected chi connectivity index (χ1v) is 6.03. The minimum absolute atomic E-state index is 0.00818. The Kier molecular flexibility index (Phi) is 3.50. The number of halogens is 3. The molecular weight excluding hydrogens is 273 g/mol. The minimum Gasteiger partial charge on any atom is -0.472 e. The van der Waals surface area contributed by atoms with Crippen LogP contribution in [0.3, 0.4) is 0 Å². The maximum absolute atomic E-state index is 13.3. The van der Waals surface area contributed by atoms with Gasteiger partial charge in [0.1, 0.15) is 5.75 Å². The molecule has 0 aromatic heterocycles. The van der Waals surface area contributed by atoms with Gasteiger partial charge >= 0.3 is 12.1 Å². The molecule has 0 spiro atoms. The number of carbonyl (C=O) groups is 1. The first-order valence-electron chi connectivity index (χ1n) is 6.03. The highest BCUT2D eigenvalue weighted by Crippen LogP contribution is 2.45. The van der Waals surface area contributed by atoms with Crippen LogP contribution < -0.4 is 4.74 Å². The molecule has 108 valence electrons. The lowest BCUT2D eigenvalue weighted by Gasteiger charge is -2.36. The van der Waals surface area contributed by atoms with Crippen molar-refractivity contribution in [3.8, 4) is 5.75 Å². The highest BCUT2D eigenvalue weighted by Gasteiger charge is 2.59. The van der Waals surface area contributed by atoms with Crippen molar-refractivity contribution in [3.63, 3.8) is 0 Å². The third kappa shape index (κ3) is 2.26. The van der Waals surface area contributed by atoms with E-state index in [0.717, 1.165) is 6.92 Å². The van der Waals surface area contributed by atoms with Crippen LogP contribution >= 0.6 is 0 Å². The van der Waals surface area contributed by atoms with Crippen LogP contribution in [0.15, 0.2) is 29.8 Å². The predicted molar refractivity (Wildman–Crippen MR) is 66.1 cm³/mol.